The van der Waals surface area contributed by atoms with Crippen LogP contribution in [0.5, 0.6) is 0 Å². The zero-order valence-corrected chi connectivity index (χ0v) is 18.8. The first-order chi connectivity index (χ1) is 14.3. The molecule has 158 valence electrons. The van der Waals surface area contributed by atoms with E-state index in [1.165, 1.54) is 23.1 Å². The van der Waals surface area contributed by atoms with Crippen LogP contribution in [0, 0.1) is 13.8 Å². The van der Waals surface area contributed by atoms with Crippen molar-refractivity contribution in [3.8, 4) is 0 Å². The Kier molecular flexibility index (Phi) is 6.94. The number of thiophene rings is 1. The van der Waals surface area contributed by atoms with Crippen molar-refractivity contribution in [2.24, 2.45) is 5.73 Å². The van der Waals surface area contributed by atoms with Crippen molar-refractivity contribution in [3.63, 3.8) is 0 Å². The summed E-state index contributed by atoms with van der Waals surface area (Å²) in [6.45, 7) is 6.47. The number of aromatic nitrogens is 2. The van der Waals surface area contributed by atoms with Crippen molar-refractivity contribution in [2.75, 3.05) is 17.2 Å². The highest BCUT2D eigenvalue weighted by Gasteiger charge is 2.20. The van der Waals surface area contributed by atoms with Crippen LogP contribution in [-0.4, -0.2) is 33.7 Å². The Morgan fingerprint density at radius 1 is 1.23 bits per heavy atom. The molecule has 3 rings (SSSR count). The normalized spacial score (nSPS) is 11.0. The van der Waals surface area contributed by atoms with Crippen LogP contribution in [0.15, 0.2) is 40.3 Å². The lowest BCUT2D eigenvalue weighted by Gasteiger charge is -2.22. The maximum atomic E-state index is 13.0. The predicted octanol–water partition coefficient (Wildman–Crippen LogP) is 3.10. The molecule has 1 aromatic carbocycles. The molecule has 3 aromatic rings. The molecule has 0 bridgehead atoms. The van der Waals surface area contributed by atoms with Gasteiger partial charge in [-0.3, -0.25) is 19.0 Å². The molecule has 0 aliphatic carbocycles. The van der Waals surface area contributed by atoms with Crippen LogP contribution in [0.4, 0.5) is 5.69 Å². The second kappa shape index (κ2) is 9.44. The lowest BCUT2D eigenvalue weighted by Crippen LogP contribution is -2.35. The summed E-state index contributed by atoms with van der Waals surface area (Å²) in [5, 5.41) is 1.18. The largest absolute Gasteiger partial charge is 0.370 e. The van der Waals surface area contributed by atoms with E-state index in [0.717, 1.165) is 10.4 Å². The Morgan fingerprint density at radius 2 is 1.93 bits per heavy atom. The van der Waals surface area contributed by atoms with E-state index in [-0.39, 0.29) is 30.2 Å². The van der Waals surface area contributed by atoms with Crippen LogP contribution in [0.3, 0.4) is 0 Å². The van der Waals surface area contributed by atoms with Gasteiger partial charge in [0.15, 0.2) is 5.16 Å². The third-order valence-electron chi connectivity index (χ3n) is 4.85. The molecule has 2 amide bonds. The molecule has 0 aliphatic rings. The number of nitrogens with two attached hydrogens (primary N) is 1. The number of anilines is 1. The zero-order chi connectivity index (χ0) is 21.8. The standard InChI is InChI=1S/C21H24N4O3S2/c1-4-24-20(28)18-13(2)14(3)30-19(18)23-21(24)29-12-17(27)25(11-10-16(22)26)15-8-6-5-7-9-15/h5-9H,4,10-12H2,1-3H3,(H2,22,26). The molecule has 0 saturated carbocycles. The van der Waals surface area contributed by atoms with Crippen molar-refractivity contribution in [1.29, 1.82) is 0 Å². The van der Waals surface area contributed by atoms with E-state index < -0.39 is 5.91 Å². The smallest absolute Gasteiger partial charge is 0.263 e. The lowest BCUT2D eigenvalue weighted by atomic mass is 10.2. The number of para-hydroxylation sites is 1. The number of thioether (sulfide) groups is 1. The summed E-state index contributed by atoms with van der Waals surface area (Å²) in [7, 11) is 0. The molecule has 2 aromatic heterocycles. The second-order valence-corrected chi connectivity index (χ2v) is 8.94. The third kappa shape index (κ3) is 4.57. The lowest BCUT2D eigenvalue weighted by molar-refractivity contribution is -0.118. The van der Waals surface area contributed by atoms with Gasteiger partial charge in [0.25, 0.3) is 5.56 Å². The minimum atomic E-state index is -0.466. The number of nitrogens with zero attached hydrogens (tertiary/aromatic N) is 3. The van der Waals surface area contributed by atoms with Gasteiger partial charge >= 0.3 is 0 Å². The van der Waals surface area contributed by atoms with Gasteiger partial charge in [-0.2, -0.15) is 0 Å². The molecule has 30 heavy (non-hydrogen) atoms. The van der Waals surface area contributed by atoms with Gasteiger partial charge in [-0.25, -0.2) is 4.98 Å². The summed E-state index contributed by atoms with van der Waals surface area (Å²) in [6, 6.07) is 9.15. The first-order valence-corrected chi connectivity index (χ1v) is 11.4. The van der Waals surface area contributed by atoms with Crippen LogP contribution in [-0.2, 0) is 16.1 Å². The number of primary amides is 1. The molecule has 7 nitrogen and oxygen atoms in total. The van der Waals surface area contributed by atoms with Gasteiger partial charge < -0.3 is 10.6 Å². The van der Waals surface area contributed by atoms with Crippen LogP contribution in [0.1, 0.15) is 23.8 Å². The maximum absolute atomic E-state index is 13.0. The van der Waals surface area contributed by atoms with E-state index >= 15 is 0 Å². The number of carbonyl (C=O) groups excluding carboxylic acids is 2. The number of aryl methyl sites for hydroxylation is 2. The minimum absolute atomic E-state index is 0.0723. The molecule has 9 heteroatoms. The Labute approximate surface area is 182 Å². The number of hydrogen-bond acceptors (Lipinski definition) is 6. The van der Waals surface area contributed by atoms with E-state index in [1.54, 1.807) is 9.47 Å². The van der Waals surface area contributed by atoms with Crippen LogP contribution in [0.2, 0.25) is 0 Å². The molecule has 0 aliphatic heterocycles. The van der Waals surface area contributed by atoms with Crippen LogP contribution < -0.4 is 16.2 Å². The van der Waals surface area contributed by atoms with E-state index in [0.29, 0.717) is 27.6 Å². The predicted molar refractivity (Wildman–Crippen MR) is 122 cm³/mol. The summed E-state index contributed by atoms with van der Waals surface area (Å²) in [5.74, 6) is -0.552. The van der Waals surface area contributed by atoms with Crippen LogP contribution in [0.25, 0.3) is 10.2 Å². The Hall–Kier alpha value is -2.65. The number of amides is 2. The summed E-state index contributed by atoms with van der Waals surface area (Å²) < 4.78 is 1.61. The summed E-state index contributed by atoms with van der Waals surface area (Å²) in [4.78, 5) is 45.2. The molecule has 0 spiro atoms. The SMILES string of the molecule is CCn1c(SCC(=O)N(CCC(N)=O)c2ccccc2)nc2sc(C)c(C)c2c1=O. The van der Waals surface area contributed by atoms with Gasteiger partial charge in [0, 0.05) is 30.1 Å². The monoisotopic (exact) mass is 444 g/mol. The number of rotatable bonds is 8. The first kappa shape index (κ1) is 22.0. The van der Waals surface area contributed by atoms with Crippen molar-refractivity contribution in [2.45, 2.75) is 38.9 Å². The fraction of sp³-hybridized carbons (Fsp3) is 0.333. The fourth-order valence-electron chi connectivity index (χ4n) is 3.13. The summed E-state index contributed by atoms with van der Waals surface area (Å²) >= 11 is 2.72. The molecular weight excluding hydrogens is 420 g/mol. The highest BCUT2D eigenvalue weighted by molar-refractivity contribution is 7.99. The number of fused-ring (bicyclic) bond motifs is 1. The van der Waals surface area contributed by atoms with Gasteiger partial charge in [-0.1, -0.05) is 30.0 Å². The number of carbonyl (C=O) groups is 2. The molecular formula is C21H24N4O3S2. The highest BCUT2D eigenvalue weighted by Crippen LogP contribution is 2.28. The van der Waals surface area contributed by atoms with E-state index in [4.69, 9.17) is 5.73 Å². The van der Waals surface area contributed by atoms with Gasteiger partial charge in [0.05, 0.1) is 11.1 Å². The molecule has 0 fully saturated rings. The quantitative estimate of drug-likeness (QED) is 0.425. The van der Waals surface area contributed by atoms with Gasteiger partial charge in [0.2, 0.25) is 11.8 Å². The summed E-state index contributed by atoms with van der Waals surface area (Å²) in [6.07, 6.45) is 0.0723. The molecule has 2 heterocycles. The average molecular weight is 445 g/mol. The van der Waals surface area contributed by atoms with Gasteiger partial charge in [-0.15, -0.1) is 11.3 Å². The van der Waals surface area contributed by atoms with E-state index in [9.17, 15) is 14.4 Å². The first-order valence-electron chi connectivity index (χ1n) is 9.60. The highest BCUT2D eigenvalue weighted by atomic mass is 32.2. The summed E-state index contributed by atoms with van der Waals surface area (Å²) in [5.41, 5.74) is 6.86. The van der Waals surface area contributed by atoms with E-state index in [1.807, 2.05) is 51.1 Å². The number of benzene rings is 1. The van der Waals surface area contributed by atoms with Gasteiger partial charge in [-0.05, 0) is 38.5 Å². The van der Waals surface area contributed by atoms with Crippen molar-refractivity contribution >= 4 is 50.8 Å². The van der Waals surface area contributed by atoms with Crippen LogP contribution >= 0.6 is 23.1 Å². The molecule has 0 radical (unpaired) electrons. The minimum Gasteiger partial charge on any atom is -0.370 e. The molecule has 0 atom stereocenters. The zero-order valence-electron chi connectivity index (χ0n) is 17.2. The Morgan fingerprint density at radius 3 is 2.57 bits per heavy atom. The fourth-order valence-corrected chi connectivity index (χ4v) is 5.14. The third-order valence-corrected chi connectivity index (χ3v) is 6.91. The second-order valence-electron chi connectivity index (χ2n) is 6.79. The maximum Gasteiger partial charge on any atom is 0.263 e. The van der Waals surface area contributed by atoms with Crippen molar-refractivity contribution < 1.29 is 9.59 Å². The Bertz CT molecular complexity index is 1140. The number of hydrogen-bond donors (Lipinski definition) is 1. The van der Waals surface area contributed by atoms with E-state index in [2.05, 4.69) is 4.98 Å². The molecule has 2 N–H and O–H groups in total. The van der Waals surface area contributed by atoms with Crippen molar-refractivity contribution in [1.82, 2.24) is 9.55 Å². The van der Waals surface area contributed by atoms with Gasteiger partial charge in [0.1, 0.15) is 4.83 Å². The molecule has 0 unspecified atom stereocenters. The molecule has 0 saturated heterocycles. The van der Waals surface area contributed by atoms with Crippen molar-refractivity contribution in [3.05, 3.63) is 51.1 Å². The average Bonchev–Trinajstić information content (AvgIpc) is 3.01. The topological polar surface area (TPSA) is 98.3 Å². The Balaban J connectivity index is 1.87.